The summed E-state index contributed by atoms with van der Waals surface area (Å²) < 4.78 is 0. The van der Waals surface area contributed by atoms with Gasteiger partial charge in [-0.2, -0.15) is 0 Å². The fourth-order valence-electron chi connectivity index (χ4n) is 2.75. The van der Waals surface area contributed by atoms with Gasteiger partial charge in [-0.05, 0) is 48.8 Å². The summed E-state index contributed by atoms with van der Waals surface area (Å²) in [4.78, 5) is 2.41. The van der Waals surface area contributed by atoms with Crippen molar-refractivity contribution in [3.63, 3.8) is 0 Å². The smallest absolute Gasteiger partial charge is 0.0346 e. The number of benzene rings is 2. The molecule has 0 spiro atoms. The fraction of sp³-hybridized carbons (Fsp3) is 0.375. The van der Waals surface area contributed by atoms with Gasteiger partial charge in [0.15, 0.2) is 0 Å². The largest absolute Gasteiger partial charge is 0.385 e. The average Bonchev–Trinajstić information content (AvgIpc) is 2.82. The minimum Gasteiger partial charge on any atom is -0.385 e. The molecule has 1 N–H and O–H groups in total. The molecule has 2 aromatic carbocycles. The number of fused-ring (bicyclic) bond motifs is 1. The van der Waals surface area contributed by atoms with E-state index in [4.69, 9.17) is 0 Å². The van der Waals surface area contributed by atoms with Gasteiger partial charge in [-0.3, -0.25) is 0 Å². The van der Waals surface area contributed by atoms with Crippen LogP contribution in [0.3, 0.4) is 0 Å². The molecule has 1 atom stereocenters. The van der Waals surface area contributed by atoms with Crippen LogP contribution < -0.4 is 5.32 Å². The maximum Gasteiger partial charge on any atom is 0.0346 e. The second-order valence-corrected chi connectivity index (χ2v) is 5.36. The number of anilines is 1. The SMILES string of the molecule is CN1CCC(CNc2ccc3ccccc3c2)C1. The summed E-state index contributed by atoms with van der Waals surface area (Å²) >= 11 is 0. The topological polar surface area (TPSA) is 15.3 Å². The molecule has 18 heavy (non-hydrogen) atoms. The molecule has 1 heterocycles. The first-order valence-electron chi connectivity index (χ1n) is 6.72. The van der Waals surface area contributed by atoms with E-state index in [1.165, 1.54) is 36.0 Å². The van der Waals surface area contributed by atoms with Crippen LogP contribution in [0.4, 0.5) is 5.69 Å². The Hall–Kier alpha value is -1.54. The van der Waals surface area contributed by atoms with Gasteiger partial charge in [0, 0.05) is 18.8 Å². The highest BCUT2D eigenvalue weighted by molar-refractivity contribution is 5.85. The van der Waals surface area contributed by atoms with Crippen LogP contribution in [-0.2, 0) is 0 Å². The number of hydrogen-bond donors (Lipinski definition) is 1. The molecule has 0 aliphatic carbocycles. The Bertz CT molecular complexity index is 535. The Balaban J connectivity index is 1.67. The van der Waals surface area contributed by atoms with E-state index in [0.717, 1.165) is 12.5 Å². The summed E-state index contributed by atoms with van der Waals surface area (Å²) in [7, 11) is 2.20. The highest BCUT2D eigenvalue weighted by Crippen LogP contribution is 2.20. The number of rotatable bonds is 3. The average molecular weight is 240 g/mol. The van der Waals surface area contributed by atoms with E-state index in [2.05, 4.69) is 59.7 Å². The lowest BCUT2D eigenvalue weighted by Crippen LogP contribution is -2.19. The lowest BCUT2D eigenvalue weighted by molar-refractivity contribution is 0.399. The molecule has 1 saturated heterocycles. The minimum atomic E-state index is 0.793. The lowest BCUT2D eigenvalue weighted by Gasteiger charge is -2.13. The first kappa shape index (κ1) is 11.5. The summed E-state index contributed by atoms with van der Waals surface area (Å²) in [5.41, 5.74) is 1.24. The maximum atomic E-state index is 3.57. The zero-order valence-electron chi connectivity index (χ0n) is 10.9. The normalized spacial score (nSPS) is 20.4. The fourth-order valence-corrected chi connectivity index (χ4v) is 2.75. The van der Waals surface area contributed by atoms with Crippen LogP contribution in [0.25, 0.3) is 10.8 Å². The van der Waals surface area contributed by atoms with Crippen LogP contribution >= 0.6 is 0 Å². The van der Waals surface area contributed by atoms with Gasteiger partial charge in [0.1, 0.15) is 0 Å². The van der Waals surface area contributed by atoms with Gasteiger partial charge in [0.2, 0.25) is 0 Å². The molecular formula is C16H20N2. The maximum absolute atomic E-state index is 3.57. The minimum absolute atomic E-state index is 0.793. The zero-order chi connectivity index (χ0) is 12.4. The van der Waals surface area contributed by atoms with Gasteiger partial charge in [0.05, 0.1) is 0 Å². The summed E-state index contributed by atoms with van der Waals surface area (Å²) in [5, 5.41) is 6.19. The molecule has 0 aromatic heterocycles. The van der Waals surface area contributed by atoms with Crippen molar-refractivity contribution in [2.45, 2.75) is 6.42 Å². The highest BCUT2D eigenvalue weighted by atomic mass is 15.1. The molecular weight excluding hydrogens is 220 g/mol. The van der Waals surface area contributed by atoms with Crippen molar-refractivity contribution < 1.29 is 0 Å². The van der Waals surface area contributed by atoms with Gasteiger partial charge in [-0.25, -0.2) is 0 Å². The molecule has 1 unspecified atom stereocenters. The van der Waals surface area contributed by atoms with Crippen molar-refractivity contribution in [3.05, 3.63) is 42.5 Å². The van der Waals surface area contributed by atoms with Gasteiger partial charge in [-0.1, -0.05) is 30.3 Å². The van der Waals surface area contributed by atoms with Crippen LogP contribution in [0, 0.1) is 5.92 Å². The Kier molecular flexibility index (Phi) is 3.20. The van der Waals surface area contributed by atoms with Crippen LogP contribution in [0.2, 0.25) is 0 Å². The van der Waals surface area contributed by atoms with Crippen molar-refractivity contribution in [3.8, 4) is 0 Å². The molecule has 0 radical (unpaired) electrons. The molecule has 0 amide bonds. The van der Waals surface area contributed by atoms with Crippen molar-refractivity contribution in [1.29, 1.82) is 0 Å². The molecule has 0 bridgehead atoms. The summed E-state index contributed by atoms with van der Waals surface area (Å²) in [5.74, 6) is 0.793. The second-order valence-electron chi connectivity index (χ2n) is 5.36. The molecule has 2 nitrogen and oxygen atoms in total. The Morgan fingerprint density at radius 2 is 2.00 bits per heavy atom. The van der Waals surface area contributed by atoms with Crippen LogP contribution in [0.15, 0.2) is 42.5 Å². The first-order chi connectivity index (χ1) is 8.81. The van der Waals surface area contributed by atoms with Gasteiger partial charge >= 0.3 is 0 Å². The Morgan fingerprint density at radius 3 is 2.78 bits per heavy atom. The van der Waals surface area contributed by atoms with E-state index in [9.17, 15) is 0 Å². The molecule has 1 fully saturated rings. The van der Waals surface area contributed by atoms with E-state index in [0.29, 0.717) is 0 Å². The monoisotopic (exact) mass is 240 g/mol. The van der Waals surface area contributed by atoms with E-state index >= 15 is 0 Å². The molecule has 2 heteroatoms. The predicted molar refractivity (Wildman–Crippen MR) is 78.0 cm³/mol. The highest BCUT2D eigenvalue weighted by Gasteiger charge is 2.18. The van der Waals surface area contributed by atoms with E-state index in [1.54, 1.807) is 0 Å². The standard InChI is InChI=1S/C16H20N2/c1-18-9-8-13(12-18)11-17-16-7-6-14-4-2-3-5-15(14)10-16/h2-7,10,13,17H,8-9,11-12H2,1H3. The van der Waals surface area contributed by atoms with Crippen molar-refractivity contribution in [2.75, 3.05) is 32.0 Å². The predicted octanol–water partition coefficient (Wildman–Crippen LogP) is 3.20. The van der Waals surface area contributed by atoms with Crippen molar-refractivity contribution in [1.82, 2.24) is 4.90 Å². The third-order valence-electron chi connectivity index (χ3n) is 3.83. The second kappa shape index (κ2) is 4.99. The van der Waals surface area contributed by atoms with Crippen molar-refractivity contribution in [2.24, 2.45) is 5.92 Å². The van der Waals surface area contributed by atoms with E-state index in [-0.39, 0.29) is 0 Å². The molecule has 0 saturated carbocycles. The van der Waals surface area contributed by atoms with Crippen molar-refractivity contribution >= 4 is 16.5 Å². The third-order valence-corrected chi connectivity index (χ3v) is 3.83. The number of nitrogens with one attached hydrogen (secondary N) is 1. The molecule has 1 aliphatic heterocycles. The molecule has 94 valence electrons. The Morgan fingerprint density at radius 1 is 1.17 bits per heavy atom. The molecule has 2 aromatic rings. The van der Waals surface area contributed by atoms with Gasteiger partial charge in [0.25, 0.3) is 0 Å². The summed E-state index contributed by atoms with van der Waals surface area (Å²) in [6.07, 6.45) is 1.32. The summed E-state index contributed by atoms with van der Waals surface area (Å²) in [6, 6.07) is 15.1. The van der Waals surface area contributed by atoms with Gasteiger partial charge < -0.3 is 10.2 Å². The van der Waals surface area contributed by atoms with E-state index < -0.39 is 0 Å². The number of likely N-dealkylation sites (tertiary alicyclic amines) is 1. The Labute approximate surface area is 109 Å². The third kappa shape index (κ3) is 2.49. The van der Waals surface area contributed by atoms with Crippen LogP contribution in [0.5, 0.6) is 0 Å². The zero-order valence-corrected chi connectivity index (χ0v) is 10.9. The van der Waals surface area contributed by atoms with E-state index in [1.807, 2.05) is 0 Å². The van der Waals surface area contributed by atoms with Gasteiger partial charge in [-0.15, -0.1) is 0 Å². The molecule has 1 aliphatic rings. The molecule has 3 rings (SSSR count). The lowest BCUT2D eigenvalue weighted by atomic mass is 10.1. The summed E-state index contributed by atoms with van der Waals surface area (Å²) in [6.45, 7) is 3.55. The number of nitrogens with zero attached hydrogens (tertiary/aromatic N) is 1. The quantitative estimate of drug-likeness (QED) is 0.886. The number of hydrogen-bond acceptors (Lipinski definition) is 2. The first-order valence-corrected chi connectivity index (χ1v) is 6.72. The van der Waals surface area contributed by atoms with Crippen LogP contribution in [-0.4, -0.2) is 31.6 Å². The van der Waals surface area contributed by atoms with Crippen LogP contribution in [0.1, 0.15) is 6.42 Å².